The van der Waals surface area contributed by atoms with Crippen molar-refractivity contribution in [3.05, 3.63) is 0 Å². The predicted octanol–water partition coefficient (Wildman–Crippen LogP) is 0.186. The molecule has 0 bridgehead atoms. The summed E-state index contributed by atoms with van der Waals surface area (Å²) in [6.07, 6.45) is 0.885. The topological polar surface area (TPSA) is 49.8 Å². The van der Waals surface area contributed by atoms with E-state index in [2.05, 4.69) is 4.89 Å². The first-order valence-electron chi connectivity index (χ1n) is 3.13. The van der Waals surface area contributed by atoms with Crippen LogP contribution in [0.15, 0.2) is 0 Å². The zero-order valence-electron chi connectivity index (χ0n) is 5.49. The van der Waals surface area contributed by atoms with Crippen LogP contribution in [0.5, 0.6) is 0 Å². The number of rotatable bonds is 0. The number of carbonyl (C=O) groups excluding carboxylic acids is 1. The molecule has 1 rings (SSSR count). The molecular weight excluding hydrogens is 133 g/mol. The third-order valence-corrected chi connectivity index (χ3v) is 1.61. The molecule has 2 radical (unpaired) electrons. The van der Waals surface area contributed by atoms with Gasteiger partial charge in [0, 0.05) is 6.54 Å². The first kappa shape index (κ1) is 7.40. The van der Waals surface area contributed by atoms with Gasteiger partial charge >= 0.3 is 6.09 Å². The quantitative estimate of drug-likeness (QED) is 0.297. The van der Waals surface area contributed by atoms with Crippen molar-refractivity contribution < 1.29 is 14.9 Å². The van der Waals surface area contributed by atoms with E-state index in [1.807, 2.05) is 0 Å². The highest BCUT2D eigenvalue weighted by molar-refractivity contribution is 6.12. The Bertz CT molecular complexity index is 141. The van der Waals surface area contributed by atoms with Crippen molar-refractivity contribution in [1.82, 2.24) is 4.90 Å². The maximum Gasteiger partial charge on any atom is 0.440 e. The van der Waals surface area contributed by atoms with Crippen LogP contribution in [0.4, 0.5) is 4.79 Å². The van der Waals surface area contributed by atoms with E-state index in [4.69, 9.17) is 13.1 Å². The SMILES string of the molecule is [B]C1CCCN1C(=O)OO. The molecule has 1 N–H and O–H groups in total. The van der Waals surface area contributed by atoms with Gasteiger partial charge in [0.1, 0.15) is 0 Å². The Morgan fingerprint density at radius 2 is 2.50 bits per heavy atom. The molecule has 0 spiro atoms. The fourth-order valence-electron chi connectivity index (χ4n) is 1.07. The van der Waals surface area contributed by atoms with Crippen molar-refractivity contribution in [2.24, 2.45) is 0 Å². The molecule has 1 amide bonds. The Balaban J connectivity index is 2.46. The van der Waals surface area contributed by atoms with Gasteiger partial charge in [-0.25, -0.2) is 4.79 Å². The summed E-state index contributed by atoms with van der Waals surface area (Å²) in [5.41, 5.74) is 0. The number of carbonyl (C=O) groups is 1. The fraction of sp³-hybridized carbons (Fsp3) is 0.800. The lowest BCUT2D eigenvalue weighted by atomic mass is 9.94. The summed E-state index contributed by atoms with van der Waals surface area (Å²) in [5.74, 6) is -0.292. The van der Waals surface area contributed by atoms with Crippen LogP contribution in [-0.4, -0.2) is 36.6 Å². The second kappa shape index (κ2) is 2.92. The molecule has 1 aliphatic rings. The van der Waals surface area contributed by atoms with Crippen molar-refractivity contribution >= 4 is 13.9 Å². The molecule has 0 aromatic carbocycles. The minimum Gasteiger partial charge on any atom is -0.312 e. The second-order valence-corrected chi connectivity index (χ2v) is 2.26. The molecular formula is C5H8BNO3. The number of likely N-dealkylation sites (tertiary alicyclic amines) is 1. The van der Waals surface area contributed by atoms with Crippen LogP contribution in [0.3, 0.4) is 0 Å². The smallest absolute Gasteiger partial charge is 0.312 e. The van der Waals surface area contributed by atoms with E-state index in [0.717, 1.165) is 12.8 Å². The Labute approximate surface area is 60.1 Å². The molecule has 54 valence electrons. The summed E-state index contributed by atoms with van der Waals surface area (Å²) < 4.78 is 0. The van der Waals surface area contributed by atoms with Crippen LogP contribution in [0.1, 0.15) is 12.8 Å². The van der Waals surface area contributed by atoms with Crippen molar-refractivity contribution in [3.8, 4) is 0 Å². The summed E-state index contributed by atoms with van der Waals surface area (Å²) in [5, 5.41) is 7.97. The largest absolute Gasteiger partial charge is 0.440 e. The lowest BCUT2D eigenvalue weighted by Gasteiger charge is -2.17. The molecule has 0 aromatic heterocycles. The van der Waals surface area contributed by atoms with Crippen LogP contribution in [0.2, 0.25) is 0 Å². The highest BCUT2D eigenvalue weighted by Crippen LogP contribution is 2.14. The average molecular weight is 141 g/mol. The van der Waals surface area contributed by atoms with Gasteiger partial charge in [0.2, 0.25) is 0 Å². The molecule has 4 nitrogen and oxygen atoms in total. The van der Waals surface area contributed by atoms with Gasteiger partial charge in [-0.3, -0.25) is 4.89 Å². The van der Waals surface area contributed by atoms with E-state index in [-0.39, 0.29) is 5.94 Å². The summed E-state index contributed by atoms with van der Waals surface area (Å²) in [6.45, 7) is 0.570. The van der Waals surface area contributed by atoms with Gasteiger partial charge in [0.05, 0.1) is 7.85 Å². The fourth-order valence-corrected chi connectivity index (χ4v) is 1.07. The second-order valence-electron chi connectivity index (χ2n) is 2.26. The Morgan fingerprint density at radius 3 is 2.90 bits per heavy atom. The molecule has 1 heterocycles. The highest BCUT2D eigenvalue weighted by atomic mass is 17.1. The molecule has 0 aromatic rings. The third-order valence-electron chi connectivity index (χ3n) is 1.61. The van der Waals surface area contributed by atoms with Gasteiger partial charge in [-0.05, 0) is 18.8 Å². The summed E-state index contributed by atoms with van der Waals surface area (Å²) in [4.78, 5) is 15.4. The number of hydrogen-bond acceptors (Lipinski definition) is 3. The van der Waals surface area contributed by atoms with Gasteiger partial charge in [0.25, 0.3) is 0 Å². The van der Waals surface area contributed by atoms with E-state index in [0.29, 0.717) is 6.54 Å². The number of hydrogen-bond donors (Lipinski definition) is 1. The van der Waals surface area contributed by atoms with E-state index in [1.165, 1.54) is 4.90 Å². The maximum absolute atomic E-state index is 10.6. The first-order valence-corrected chi connectivity index (χ1v) is 3.13. The molecule has 0 aliphatic carbocycles. The lowest BCUT2D eigenvalue weighted by molar-refractivity contribution is -0.187. The van der Waals surface area contributed by atoms with Gasteiger partial charge in [-0.2, -0.15) is 5.26 Å². The van der Waals surface area contributed by atoms with Crippen molar-refractivity contribution in [2.45, 2.75) is 18.8 Å². The first-order chi connectivity index (χ1) is 4.75. The van der Waals surface area contributed by atoms with Crippen LogP contribution >= 0.6 is 0 Å². The third kappa shape index (κ3) is 1.24. The predicted molar refractivity (Wildman–Crippen MR) is 34.6 cm³/mol. The lowest BCUT2D eigenvalue weighted by Crippen LogP contribution is -2.35. The highest BCUT2D eigenvalue weighted by Gasteiger charge is 2.25. The molecule has 1 saturated heterocycles. The monoisotopic (exact) mass is 141 g/mol. The van der Waals surface area contributed by atoms with Crippen LogP contribution in [-0.2, 0) is 4.89 Å². The van der Waals surface area contributed by atoms with E-state index in [9.17, 15) is 4.79 Å². The Morgan fingerprint density at radius 1 is 1.80 bits per heavy atom. The Kier molecular flexibility index (Phi) is 2.16. The average Bonchev–Trinajstić information content (AvgIpc) is 2.34. The molecule has 10 heavy (non-hydrogen) atoms. The molecule has 1 unspecified atom stereocenters. The molecule has 1 aliphatic heterocycles. The molecule has 0 saturated carbocycles. The minimum atomic E-state index is -0.759. The van der Waals surface area contributed by atoms with E-state index in [1.54, 1.807) is 0 Å². The molecule has 5 heteroatoms. The van der Waals surface area contributed by atoms with Crippen LogP contribution < -0.4 is 0 Å². The van der Waals surface area contributed by atoms with Crippen molar-refractivity contribution in [2.75, 3.05) is 6.54 Å². The standard InChI is InChI=1S/C5H8BNO3/c6-4-2-1-3-7(4)5(8)10-9/h4,9H,1-3H2. The van der Waals surface area contributed by atoms with Gasteiger partial charge in [-0.1, -0.05) is 0 Å². The number of amides is 1. The number of nitrogens with zero attached hydrogens (tertiary/aromatic N) is 1. The zero-order valence-corrected chi connectivity index (χ0v) is 5.49. The Hall–Kier alpha value is -0.705. The van der Waals surface area contributed by atoms with Gasteiger partial charge in [-0.15, -0.1) is 0 Å². The molecule has 1 fully saturated rings. The summed E-state index contributed by atoms with van der Waals surface area (Å²) in [6, 6.07) is 0. The summed E-state index contributed by atoms with van der Waals surface area (Å²) in [7, 11) is 5.47. The molecule has 1 atom stereocenters. The normalized spacial score (nSPS) is 24.9. The maximum atomic E-state index is 10.6. The summed E-state index contributed by atoms with van der Waals surface area (Å²) >= 11 is 0. The zero-order chi connectivity index (χ0) is 7.56. The van der Waals surface area contributed by atoms with Crippen LogP contribution in [0, 0.1) is 0 Å². The minimum absolute atomic E-state index is 0.292. The van der Waals surface area contributed by atoms with Crippen molar-refractivity contribution in [1.29, 1.82) is 0 Å². The van der Waals surface area contributed by atoms with E-state index < -0.39 is 6.09 Å². The van der Waals surface area contributed by atoms with Gasteiger partial charge in [0.15, 0.2) is 0 Å². The van der Waals surface area contributed by atoms with E-state index >= 15 is 0 Å². The van der Waals surface area contributed by atoms with Gasteiger partial charge < -0.3 is 4.90 Å². The van der Waals surface area contributed by atoms with Crippen molar-refractivity contribution in [3.63, 3.8) is 0 Å². The van der Waals surface area contributed by atoms with Crippen LogP contribution in [0.25, 0.3) is 0 Å².